The van der Waals surface area contributed by atoms with Gasteiger partial charge in [-0.15, -0.1) is 11.3 Å². The first-order valence-electron chi connectivity index (χ1n) is 6.30. The molecule has 19 heavy (non-hydrogen) atoms. The van der Waals surface area contributed by atoms with Crippen molar-refractivity contribution in [2.75, 3.05) is 6.54 Å². The molecule has 0 bridgehead atoms. The van der Waals surface area contributed by atoms with E-state index in [-0.39, 0.29) is 5.91 Å². The molecule has 1 amide bonds. The lowest BCUT2D eigenvalue weighted by Crippen LogP contribution is -2.44. The second-order valence-corrected chi connectivity index (χ2v) is 7.14. The standard InChI is InChI=1S/C13H16BrNO3S/c1-8-7-10(19-11(8)14)12(16)15-6-4-2-3-5-9(15)13(17)18/h7,9H,2-6H2,1H3,(H,17,18). The van der Waals surface area contributed by atoms with Crippen molar-refractivity contribution in [3.05, 3.63) is 20.3 Å². The van der Waals surface area contributed by atoms with Crippen molar-refractivity contribution in [2.24, 2.45) is 0 Å². The van der Waals surface area contributed by atoms with Crippen molar-refractivity contribution >= 4 is 39.1 Å². The third-order valence-corrected chi connectivity index (χ3v) is 5.49. The highest BCUT2D eigenvalue weighted by molar-refractivity contribution is 9.11. The lowest BCUT2D eigenvalue weighted by Gasteiger charge is -2.26. The number of halogens is 1. The third-order valence-electron chi connectivity index (χ3n) is 3.37. The van der Waals surface area contributed by atoms with Crippen molar-refractivity contribution < 1.29 is 14.7 Å². The van der Waals surface area contributed by atoms with Crippen LogP contribution in [0, 0.1) is 6.92 Å². The Balaban J connectivity index is 2.25. The number of hydrogen-bond acceptors (Lipinski definition) is 3. The molecule has 1 aliphatic rings. The van der Waals surface area contributed by atoms with Crippen LogP contribution in [0.25, 0.3) is 0 Å². The number of nitrogens with zero attached hydrogens (tertiary/aromatic N) is 1. The number of thiophene rings is 1. The molecule has 1 atom stereocenters. The minimum absolute atomic E-state index is 0.159. The number of aliphatic carboxylic acids is 1. The summed E-state index contributed by atoms with van der Waals surface area (Å²) >= 11 is 4.77. The number of hydrogen-bond donors (Lipinski definition) is 1. The van der Waals surface area contributed by atoms with Gasteiger partial charge in [0.1, 0.15) is 6.04 Å². The van der Waals surface area contributed by atoms with Crippen molar-refractivity contribution in [1.29, 1.82) is 0 Å². The molecule has 104 valence electrons. The van der Waals surface area contributed by atoms with Crippen molar-refractivity contribution in [3.63, 3.8) is 0 Å². The summed E-state index contributed by atoms with van der Waals surface area (Å²) in [4.78, 5) is 25.9. The van der Waals surface area contributed by atoms with E-state index in [2.05, 4.69) is 15.9 Å². The topological polar surface area (TPSA) is 57.6 Å². The molecule has 0 saturated carbocycles. The summed E-state index contributed by atoms with van der Waals surface area (Å²) in [6.07, 6.45) is 3.28. The fraction of sp³-hybridized carbons (Fsp3) is 0.538. The monoisotopic (exact) mass is 345 g/mol. The summed E-state index contributed by atoms with van der Waals surface area (Å²) in [5.41, 5.74) is 1.01. The summed E-state index contributed by atoms with van der Waals surface area (Å²) in [5, 5.41) is 9.29. The van der Waals surface area contributed by atoms with Gasteiger partial charge in [0.25, 0.3) is 5.91 Å². The van der Waals surface area contributed by atoms with Gasteiger partial charge in [0.2, 0.25) is 0 Å². The van der Waals surface area contributed by atoms with Crippen molar-refractivity contribution in [2.45, 2.75) is 38.6 Å². The predicted octanol–water partition coefficient (Wildman–Crippen LogP) is 3.29. The number of carboxylic acids is 1. The van der Waals surface area contributed by atoms with Gasteiger partial charge in [0.05, 0.1) is 8.66 Å². The van der Waals surface area contributed by atoms with E-state index in [1.807, 2.05) is 13.0 Å². The van der Waals surface area contributed by atoms with Crippen LogP contribution in [0.5, 0.6) is 0 Å². The SMILES string of the molecule is Cc1cc(C(=O)N2CCCCCC2C(=O)O)sc1Br. The first kappa shape index (κ1) is 14.5. The second kappa shape index (κ2) is 6.05. The highest BCUT2D eigenvalue weighted by Crippen LogP contribution is 2.29. The molecule has 1 saturated heterocycles. The fourth-order valence-electron chi connectivity index (χ4n) is 2.31. The number of carboxylic acid groups (broad SMARTS) is 1. The van der Waals surface area contributed by atoms with Crippen LogP contribution in [0.2, 0.25) is 0 Å². The molecule has 1 aromatic rings. The van der Waals surface area contributed by atoms with Crippen LogP contribution < -0.4 is 0 Å². The molecule has 1 fully saturated rings. The Kier molecular flexibility index (Phi) is 4.62. The lowest BCUT2D eigenvalue weighted by atomic mass is 10.1. The van der Waals surface area contributed by atoms with Crippen LogP contribution in [-0.4, -0.2) is 34.5 Å². The van der Waals surface area contributed by atoms with Crippen LogP contribution in [0.4, 0.5) is 0 Å². The maximum Gasteiger partial charge on any atom is 0.326 e. The molecule has 0 aromatic carbocycles. The fourth-order valence-corrected chi connectivity index (χ4v) is 3.81. The number of amides is 1. The van der Waals surface area contributed by atoms with E-state index in [0.717, 1.165) is 28.6 Å². The van der Waals surface area contributed by atoms with Gasteiger partial charge in [-0.3, -0.25) is 4.79 Å². The summed E-state index contributed by atoms with van der Waals surface area (Å²) in [6.45, 7) is 2.46. The summed E-state index contributed by atoms with van der Waals surface area (Å²) < 4.78 is 0.928. The van der Waals surface area contributed by atoms with Crippen LogP contribution in [0.3, 0.4) is 0 Å². The van der Waals surface area contributed by atoms with Gasteiger partial charge < -0.3 is 10.0 Å². The average molecular weight is 346 g/mol. The third kappa shape index (κ3) is 3.17. The number of carbonyl (C=O) groups is 2. The summed E-state index contributed by atoms with van der Waals surface area (Å²) in [6, 6.07) is 1.14. The van der Waals surface area contributed by atoms with Crippen LogP contribution >= 0.6 is 27.3 Å². The van der Waals surface area contributed by atoms with Gasteiger partial charge in [-0.2, -0.15) is 0 Å². The molecule has 4 nitrogen and oxygen atoms in total. The highest BCUT2D eigenvalue weighted by Gasteiger charge is 2.32. The van der Waals surface area contributed by atoms with Crippen molar-refractivity contribution in [3.8, 4) is 0 Å². The number of aryl methyl sites for hydroxylation is 1. The minimum Gasteiger partial charge on any atom is -0.480 e. The molecule has 2 heterocycles. The first-order chi connectivity index (χ1) is 9.00. The molecular weight excluding hydrogens is 330 g/mol. The Morgan fingerprint density at radius 1 is 1.42 bits per heavy atom. The van der Waals surface area contributed by atoms with E-state index in [9.17, 15) is 14.7 Å². The van der Waals surface area contributed by atoms with E-state index in [1.54, 1.807) is 0 Å². The molecule has 2 rings (SSSR count). The number of rotatable bonds is 2. The minimum atomic E-state index is -0.900. The zero-order chi connectivity index (χ0) is 14.0. The Morgan fingerprint density at radius 3 is 2.74 bits per heavy atom. The smallest absolute Gasteiger partial charge is 0.326 e. The maximum atomic E-state index is 12.5. The normalized spacial score (nSPS) is 20.1. The number of likely N-dealkylation sites (tertiary alicyclic amines) is 1. The van der Waals surface area contributed by atoms with E-state index >= 15 is 0 Å². The average Bonchev–Trinajstić information content (AvgIpc) is 2.59. The van der Waals surface area contributed by atoms with Gasteiger partial charge in [-0.05, 0) is 47.3 Å². The first-order valence-corrected chi connectivity index (χ1v) is 7.91. The van der Waals surface area contributed by atoms with Crippen molar-refractivity contribution in [1.82, 2.24) is 4.90 Å². The Bertz CT molecular complexity index is 481. The van der Waals surface area contributed by atoms with E-state index in [1.165, 1.54) is 16.2 Å². The quantitative estimate of drug-likeness (QED) is 0.894. The Morgan fingerprint density at radius 2 is 2.16 bits per heavy atom. The largest absolute Gasteiger partial charge is 0.480 e. The van der Waals surface area contributed by atoms with Gasteiger partial charge in [-0.1, -0.05) is 12.8 Å². The van der Waals surface area contributed by atoms with Crippen LogP contribution in [-0.2, 0) is 4.79 Å². The number of carbonyl (C=O) groups excluding carboxylic acids is 1. The molecule has 1 aromatic heterocycles. The van der Waals surface area contributed by atoms with E-state index in [4.69, 9.17) is 0 Å². The molecular formula is C13H16BrNO3S. The van der Waals surface area contributed by atoms with Gasteiger partial charge in [0.15, 0.2) is 0 Å². The highest BCUT2D eigenvalue weighted by atomic mass is 79.9. The Labute approximate surface area is 124 Å². The molecule has 0 radical (unpaired) electrons. The van der Waals surface area contributed by atoms with Gasteiger partial charge in [-0.25, -0.2) is 4.79 Å². The van der Waals surface area contributed by atoms with Crippen LogP contribution in [0.15, 0.2) is 9.85 Å². The molecule has 1 N–H and O–H groups in total. The van der Waals surface area contributed by atoms with Gasteiger partial charge in [0, 0.05) is 6.54 Å². The maximum absolute atomic E-state index is 12.5. The summed E-state index contributed by atoms with van der Waals surface area (Å²) in [5.74, 6) is -1.06. The molecule has 0 aliphatic carbocycles. The molecule has 6 heteroatoms. The molecule has 1 unspecified atom stereocenters. The predicted molar refractivity (Wildman–Crippen MR) is 77.7 cm³/mol. The van der Waals surface area contributed by atoms with E-state index in [0.29, 0.717) is 17.8 Å². The summed E-state index contributed by atoms with van der Waals surface area (Å²) in [7, 11) is 0. The molecule has 1 aliphatic heterocycles. The molecule has 0 spiro atoms. The Hall–Kier alpha value is -0.880. The second-order valence-electron chi connectivity index (χ2n) is 4.77. The lowest BCUT2D eigenvalue weighted by molar-refractivity contribution is -0.142. The zero-order valence-corrected chi connectivity index (χ0v) is 13.1. The van der Waals surface area contributed by atoms with Crippen LogP contribution in [0.1, 0.15) is 40.9 Å². The van der Waals surface area contributed by atoms with E-state index < -0.39 is 12.0 Å². The zero-order valence-electron chi connectivity index (χ0n) is 10.7. The van der Waals surface area contributed by atoms with Gasteiger partial charge >= 0.3 is 5.97 Å².